The summed E-state index contributed by atoms with van der Waals surface area (Å²) in [5.41, 5.74) is 5.95. The van der Waals surface area contributed by atoms with Gasteiger partial charge < -0.3 is 18.9 Å². The number of aryl methyl sites for hydroxylation is 2. The summed E-state index contributed by atoms with van der Waals surface area (Å²) in [4.78, 5) is 7.50. The lowest BCUT2D eigenvalue weighted by atomic mass is 10.00. The molecule has 3 aromatic rings. The zero-order valence-corrected chi connectivity index (χ0v) is 18.5. The second kappa shape index (κ2) is 8.95. The van der Waals surface area contributed by atoms with Crippen LogP contribution in [-0.2, 0) is 29.0 Å². The van der Waals surface area contributed by atoms with Crippen molar-refractivity contribution >= 4 is 0 Å². The first-order valence-electron chi connectivity index (χ1n) is 11.3. The smallest absolute Gasteiger partial charge is 0.143 e. The summed E-state index contributed by atoms with van der Waals surface area (Å²) in [7, 11) is 3.91. The minimum absolute atomic E-state index is 0.117. The third kappa shape index (κ3) is 4.31. The van der Waals surface area contributed by atoms with Gasteiger partial charge in [-0.05, 0) is 43.0 Å². The second-order valence-corrected chi connectivity index (χ2v) is 8.78. The largest absolute Gasteiger partial charge is 0.380 e. The van der Waals surface area contributed by atoms with Crippen LogP contribution in [0.25, 0.3) is 11.3 Å². The Morgan fingerprint density at radius 2 is 1.77 bits per heavy atom. The Bertz CT molecular complexity index is 1020. The molecule has 0 N–H and O–H groups in total. The summed E-state index contributed by atoms with van der Waals surface area (Å²) < 4.78 is 14.3. The molecule has 0 radical (unpaired) electrons. The van der Waals surface area contributed by atoms with E-state index in [0.29, 0.717) is 6.61 Å². The van der Waals surface area contributed by atoms with Crippen molar-refractivity contribution in [2.45, 2.75) is 44.6 Å². The van der Waals surface area contributed by atoms with Gasteiger partial charge in [-0.1, -0.05) is 48.5 Å². The molecule has 5 rings (SSSR count). The number of likely N-dealkylation sites (tertiary alicyclic amines) is 1. The summed E-state index contributed by atoms with van der Waals surface area (Å²) in [6.45, 7) is 3.73. The molecule has 0 bridgehead atoms. The van der Waals surface area contributed by atoms with Crippen LogP contribution in [0.2, 0.25) is 0 Å². The van der Waals surface area contributed by atoms with Crippen molar-refractivity contribution in [2.24, 2.45) is 0 Å². The van der Waals surface area contributed by atoms with Crippen LogP contribution >= 0.6 is 0 Å². The van der Waals surface area contributed by atoms with Crippen molar-refractivity contribution in [1.82, 2.24) is 14.5 Å². The number of imidazole rings is 1. The fourth-order valence-corrected chi connectivity index (χ4v) is 4.74. The van der Waals surface area contributed by atoms with Crippen LogP contribution in [-0.4, -0.2) is 47.8 Å². The van der Waals surface area contributed by atoms with Gasteiger partial charge in [0.15, 0.2) is 0 Å². The molecule has 5 heteroatoms. The summed E-state index contributed by atoms with van der Waals surface area (Å²) >= 11 is 0. The standard InChI is InChI=1S/C26H31N3O2/c1-28-14-12-22(13-15-28)31-25-23-6-4-3-5-20(23)11-16-29-17-24(27-26(25)29)21-9-7-19(8-10-21)18-30-2/h3-10,17,22,25H,11-16,18H2,1-2H3. The molecule has 1 unspecified atom stereocenters. The Labute approximate surface area is 184 Å². The quantitative estimate of drug-likeness (QED) is 0.615. The predicted octanol–water partition coefficient (Wildman–Crippen LogP) is 4.45. The maximum Gasteiger partial charge on any atom is 0.143 e. The Morgan fingerprint density at radius 3 is 2.55 bits per heavy atom. The van der Waals surface area contributed by atoms with Crippen LogP contribution in [0.1, 0.15) is 41.5 Å². The van der Waals surface area contributed by atoms with E-state index >= 15 is 0 Å². The van der Waals surface area contributed by atoms with Gasteiger partial charge in [-0.3, -0.25) is 0 Å². The molecule has 1 atom stereocenters. The Kier molecular flexibility index (Phi) is 5.90. The van der Waals surface area contributed by atoms with E-state index in [-0.39, 0.29) is 12.2 Å². The first kappa shape index (κ1) is 20.4. The number of hydrogen-bond acceptors (Lipinski definition) is 4. The third-order valence-corrected chi connectivity index (χ3v) is 6.56. The first-order valence-corrected chi connectivity index (χ1v) is 11.3. The fourth-order valence-electron chi connectivity index (χ4n) is 4.74. The average Bonchev–Trinajstić information content (AvgIpc) is 3.16. The van der Waals surface area contributed by atoms with Gasteiger partial charge in [-0.2, -0.15) is 0 Å². The highest BCUT2D eigenvalue weighted by Gasteiger charge is 2.30. The molecular formula is C26H31N3O2. The van der Waals surface area contributed by atoms with E-state index < -0.39 is 0 Å². The van der Waals surface area contributed by atoms with Crippen molar-refractivity contribution in [1.29, 1.82) is 0 Å². The zero-order valence-electron chi connectivity index (χ0n) is 18.5. The zero-order chi connectivity index (χ0) is 21.2. The molecule has 2 aliphatic heterocycles. The van der Waals surface area contributed by atoms with Gasteiger partial charge in [-0.25, -0.2) is 4.98 Å². The maximum absolute atomic E-state index is 6.79. The van der Waals surface area contributed by atoms with Gasteiger partial charge in [0.25, 0.3) is 0 Å². The van der Waals surface area contributed by atoms with Crippen molar-refractivity contribution in [3.8, 4) is 11.3 Å². The Balaban J connectivity index is 1.48. The van der Waals surface area contributed by atoms with E-state index in [1.807, 2.05) is 0 Å². The van der Waals surface area contributed by atoms with Crippen LogP contribution in [0.15, 0.2) is 54.7 Å². The summed E-state index contributed by atoms with van der Waals surface area (Å²) in [5, 5.41) is 0. The number of hydrogen-bond donors (Lipinski definition) is 0. The van der Waals surface area contributed by atoms with Crippen LogP contribution < -0.4 is 0 Å². The number of fused-ring (bicyclic) bond motifs is 2. The van der Waals surface area contributed by atoms with E-state index in [4.69, 9.17) is 14.5 Å². The molecule has 31 heavy (non-hydrogen) atoms. The van der Waals surface area contributed by atoms with Crippen molar-refractivity contribution < 1.29 is 9.47 Å². The molecular weight excluding hydrogens is 386 g/mol. The van der Waals surface area contributed by atoms with Crippen molar-refractivity contribution in [2.75, 3.05) is 27.2 Å². The van der Waals surface area contributed by atoms with Crippen LogP contribution in [0, 0.1) is 0 Å². The third-order valence-electron chi connectivity index (χ3n) is 6.56. The van der Waals surface area contributed by atoms with Crippen LogP contribution in [0.4, 0.5) is 0 Å². The second-order valence-electron chi connectivity index (χ2n) is 8.78. The molecule has 0 saturated carbocycles. The molecule has 162 valence electrons. The van der Waals surface area contributed by atoms with Crippen LogP contribution in [0.5, 0.6) is 0 Å². The molecule has 1 fully saturated rings. The SMILES string of the molecule is COCc1ccc(-c2cn3c(n2)C(OC2CCN(C)CC2)c2ccccc2CC3)cc1. The fraction of sp³-hybridized carbons (Fsp3) is 0.423. The molecule has 2 aromatic carbocycles. The lowest BCUT2D eigenvalue weighted by Gasteiger charge is -2.32. The van der Waals surface area contributed by atoms with E-state index in [1.165, 1.54) is 16.7 Å². The van der Waals surface area contributed by atoms with Gasteiger partial charge in [-0.15, -0.1) is 0 Å². The molecule has 2 aliphatic rings. The average molecular weight is 418 g/mol. The van der Waals surface area contributed by atoms with Crippen molar-refractivity contribution in [3.63, 3.8) is 0 Å². The van der Waals surface area contributed by atoms with Gasteiger partial charge in [0.2, 0.25) is 0 Å². The molecule has 1 saturated heterocycles. The highest BCUT2D eigenvalue weighted by molar-refractivity contribution is 5.59. The lowest BCUT2D eigenvalue weighted by Crippen LogP contribution is -2.35. The molecule has 1 aromatic heterocycles. The predicted molar refractivity (Wildman–Crippen MR) is 122 cm³/mol. The summed E-state index contributed by atoms with van der Waals surface area (Å²) in [6, 6.07) is 17.2. The minimum atomic E-state index is -0.117. The van der Waals surface area contributed by atoms with Gasteiger partial charge in [0.1, 0.15) is 11.9 Å². The topological polar surface area (TPSA) is 39.5 Å². The van der Waals surface area contributed by atoms with Crippen molar-refractivity contribution in [3.05, 3.63) is 77.2 Å². The van der Waals surface area contributed by atoms with Gasteiger partial charge in [0, 0.05) is 38.5 Å². The number of benzene rings is 2. The number of rotatable bonds is 5. The highest BCUT2D eigenvalue weighted by atomic mass is 16.5. The molecule has 0 amide bonds. The first-order chi connectivity index (χ1) is 15.2. The van der Waals surface area contributed by atoms with E-state index in [1.54, 1.807) is 7.11 Å². The van der Waals surface area contributed by atoms with Gasteiger partial charge >= 0.3 is 0 Å². The van der Waals surface area contributed by atoms with E-state index in [0.717, 1.165) is 56.0 Å². The highest BCUT2D eigenvalue weighted by Crippen LogP contribution is 2.35. The normalized spacial score (nSPS) is 19.6. The molecule has 0 aliphatic carbocycles. The van der Waals surface area contributed by atoms with Crippen LogP contribution in [0.3, 0.4) is 0 Å². The Morgan fingerprint density at radius 1 is 1.00 bits per heavy atom. The minimum Gasteiger partial charge on any atom is -0.380 e. The number of methoxy groups -OCH3 is 1. The van der Waals surface area contributed by atoms with E-state index in [2.05, 4.69) is 71.2 Å². The Hall–Kier alpha value is -2.47. The molecule has 3 heterocycles. The van der Waals surface area contributed by atoms with E-state index in [9.17, 15) is 0 Å². The molecule has 0 spiro atoms. The molecule has 5 nitrogen and oxygen atoms in total. The number of nitrogens with zero attached hydrogens (tertiary/aromatic N) is 3. The lowest BCUT2D eigenvalue weighted by molar-refractivity contribution is -0.0275. The monoisotopic (exact) mass is 417 g/mol. The number of piperidine rings is 1. The summed E-state index contributed by atoms with van der Waals surface area (Å²) in [6.07, 6.45) is 5.49. The number of ether oxygens (including phenoxy) is 2. The maximum atomic E-state index is 6.79. The number of aromatic nitrogens is 2. The summed E-state index contributed by atoms with van der Waals surface area (Å²) in [5.74, 6) is 1.03. The van der Waals surface area contributed by atoms with Gasteiger partial charge in [0.05, 0.1) is 18.4 Å².